The van der Waals surface area contributed by atoms with E-state index in [1.165, 1.54) is 23.3 Å². The lowest BCUT2D eigenvalue weighted by Crippen LogP contribution is -2.31. The Hall–Kier alpha value is -2.35. The van der Waals surface area contributed by atoms with Crippen LogP contribution in [0, 0.1) is 13.8 Å². The van der Waals surface area contributed by atoms with Gasteiger partial charge >= 0.3 is 0 Å². The van der Waals surface area contributed by atoms with E-state index in [2.05, 4.69) is 0 Å². The smallest absolute Gasteiger partial charge is 0.295 e. The van der Waals surface area contributed by atoms with Gasteiger partial charge in [-0.15, -0.1) is 11.3 Å². The second-order valence-corrected chi connectivity index (χ2v) is 8.49. The molecule has 2 aromatic rings. The third kappa shape index (κ3) is 3.97. The predicted octanol–water partition coefficient (Wildman–Crippen LogP) is 4.49. The molecule has 2 heterocycles. The molecule has 0 aliphatic carbocycles. The molecule has 3 rings (SSSR count). The molecule has 1 fully saturated rings. The Kier molecular flexibility index (Phi) is 6.85. The first-order chi connectivity index (χ1) is 14.3. The number of ether oxygens (including phenoxy) is 2. The molecule has 1 amide bonds. The van der Waals surface area contributed by atoms with Gasteiger partial charge in [0, 0.05) is 25.1 Å². The van der Waals surface area contributed by atoms with Crippen molar-refractivity contribution in [3.05, 3.63) is 55.7 Å². The van der Waals surface area contributed by atoms with Crippen molar-refractivity contribution in [2.45, 2.75) is 26.3 Å². The third-order valence-electron chi connectivity index (χ3n) is 5.08. The number of likely N-dealkylation sites (tertiary alicyclic amines) is 1. The van der Waals surface area contributed by atoms with Gasteiger partial charge in [-0.25, -0.2) is 0 Å². The highest BCUT2D eigenvalue weighted by Crippen LogP contribution is 2.44. The fraction of sp³-hybridized carbons (Fsp3) is 0.364. The van der Waals surface area contributed by atoms with Gasteiger partial charge in [0.25, 0.3) is 11.7 Å². The van der Waals surface area contributed by atoms with Crippen LogP contribution in [-0.4, -0.2) is 49.1 Å². The number of hydrogen-bond acceptors (Lipinski definition) is 6. The highest BCUT2D eigenvalue weighted by molar-refractivity contribution is 7.10. The van der Waals surface area contributed by atoms with Crippen molar-refractivity contribution in [2.24, 2.45) is 0 Å². The quantitative estimate of drug-likeness (QED) is 0.292. The summed E-state index contributed by atoms with van der Waals surface area (Å²) in [7, 11) is 3.03. The van der Waals surface area contributed by atoms with Gasteiger partial charge < -0.3 is 19.5 Å². The molecule has 1 N–H and O–H groups in total. The number of ketones is 1. The molecule has 160 valence electrons. The van der Waals surface area contributed by atoms with E-state index in [-0.39, 0.29) is 22.6 Å². The predicted molar refractivity (Wildman–Crippen MR) is 117 cm³/mol. The Morgan fingerprint density at radius 1 is 1.27 bits per heavy atom. The first kappa shape index (κ1) is 22.3. The highest BCUT2D eigenvalue weighted by atomic mass is 35.5. The normalized spacial score (nSPS) is 18.3. The minimum absolute atomic E-state index is 0.0444. The zero-order valence-corrected chi connectivity index (χ0v) is 18.9. The number of carbonyl (C=O) groups is 2. The number of thiophene rings is 1. The largest absolute Gasteiger partial charge is 0.507 e. The van der Waals surface area contributed by atoms with Crippen LogP contribution in [0.2, 0.25) is 5.02 Å². The van der Waals surface area contributed by atoms with Gasteiger partial charge in [-0.3, -0.25) is 9.59 Å². The summed E-state index contributed by atoms with van der Waals surface area (Å²) in [6, 6.07) is 4.66. The minimum Gasteiger partial charge on any atom is -0.507 e. The first-order valence-electron chi connectivity index (χ1n) is 9.47. The monoisotopic (exact) mass is 449 g/mol. The number of Topliss-reactive ketones (excluding diaryl/α,β-unsaturated/α-hetero) is 1. The van der Waals surface area contributed by atoms with Crippen LogP contribution in [0.5, 0.6) is 5.75 Å². The number of rotatable bonds is 7. The molecule has 1 aromatic carbocycles. The average Bonchev–Trinajstić information content (AvgIpc) is 3.22. The van der Waals surface area contributed by atoms with Gasteiger partial charge in [-0.2, -0.15) is 0 Å². The Labute approximate surface area is 184 Å². The third-order valence-corrected chi connectivity index (χ3v) is 6.44. The van der Waals surface area contributed by atoms with Crippen LogP contribution in [0.25, 0.3) is 5.76 Å². The standard InChI is InChI=1S/C22H24ClNO5S/c1-12-10-14(20(29-4)15(23)11-12)18(25)16-17(21-13(2)6-9-30-21)24(7-5-8-28-3)22(27)19(16)26/h6,9-11,17,25H,5,7-8H2,1-4H3/b18-16+. The van der Waals surface area contributed by atoms with Crippen LogP contribution in [0.15, 0.2) is 29.2 Å². The number of hydrogen-bond donors (Lipinski definition) is 1. The number of carbonyl (C=O) groups excluding carboxylic acids is 2. The van der Waals surface area contributed by atoms with Crippen LogP contribution < -0.4 is 4.74 Å². The van der Waals surface area contributed by atoms with Gasteiger partial charge in [0.1, 0.15) is 11.5 Å². The summed E-state index contributed by atoms with van der Waals surface area (Å²) in [4.78, 5) is 28.3. The maximum absolute atomic E-state index is 13.0. The van der Waals surface area contributed by atoms with Gasteiger partial charge in [0.2, 0.25) is 0 Å². The van der Waals surface area contributed by atoms with Crippen molar-refractivity contribution >= 4 is 40.4 Å². The fourth-order valence-electron chi connectivity index (χ4n) is 3.68. The van der Waals surface area contributed by atoms with Crippen molar-refractivity contribution < 1.29 is 24.2 Å². The summed E-state index contributed by atoms with van der Waals surface area (Å²) in [6.45, 7) is 4.54. The molecule has 0 saturated carbocycles. The number of benzene rings is 1. The molecule has 1 unspecified atom stereocenters. The first-order valence-corrected chi connectivity index (χ1v) is 10.7. The zero-order valence-electron chi connectivity index (χ0n) is 17.3. The number of halogens is 1. The summed E-state index contributed by atoms with van der Waals surface area (Å²) >= 11 is 7.74. The second kappa shape index (κ2) is 9.20. The van der Waals surface area contributed by atoms with Crippen LogP contribution in [-0.2, 0) is 14.3 Å². The molecule has 0 bridgehead atoms. The van der Waals surface area contributed by atoms with Crippen LogP contribution in [0.3, 0.4) is 0 Å². The lowest BCUT2D eigenvalue weighted by molar-refractivity contribution is -0.140. The second-order valence-electron chi connectivity index (χ2n) is 7.13. The van der Waals surface area contributed by atoms with Crippen molar-refractivity contribution in [3.63, 3.8) is 0 Å². The molecule has 1 saturated heterocycles. The van der Waals surface area contributed by atoms with Gasteiger partial charge in [-0.1, -0.05) is 11.6 Å². The van der Waals surface area contributed by atoms with E-state index in [4.69, 9.17) is 21.1 Å². The van der Waals surface area contributed by atoms with E-state index >= 15 is 0 Å². The van der Waals surface area contributed by atoms with Crippen LogP contribution in [0.1, 0.15) is 34.0 Å². The Morgan fingerprint density at radius 2 is 2.00 bits per heavy atom. The van der Waals surface area contributed by atoms with Gasteiger partial charge in [0.15, 0.2) is 0 Å². The van der Waals surface area contributed by atoms with Gasteiger partial charge in [-0.05, 0) is 55.0 Å². The summed E-state index contributed by atoms with van der Waals surface area (Å²) in [5, 5.41) is 13.5. The van der Waals surface area contributed by atoms with Gasteiger partial charge in [0.05, 0.1) is 29.3 Å². The number of nitrogens with zero attached hydrogens (tertiary/aromatic N) is 1. The van der Waals surface area contributed by atoms with E-state index in [0.717, 1.165) is 16.0 Å². The molecule has 0 radical (unpaired) electrons. The van der Waals surface area contributed by atoms with Crippen molar-refractivity contribution in [2.75, 3.05) is 27.4 Å². The van der Waals surface area contributed by atoms with Crippen molar-refractivity contribution in [1.29, 1.82) is 0 Å². The SMILES string of the molecule is COCCCN1C(=O)C(=O)/C(=C(/O)c2cc(C)cc(Cl)c2OC)C1c1sccc1C. The minimum atomic E-state index is -0.720. The summed E-state index contributed by atoms with van der Waals surface area (Å²) in [6.07, 6.45) is 0.573. The fourth-order valence-corrected chi connectivity index (χ4v) is 5.08. The summed E-state index contributed by atoms with van der Waals surface area (Å²) < 4.78 is 10.5. The number of aliphatic hydroxyl groups is 1. The summed E-state index contributed by atoms with van der Waals surface area (Å²) in [5.41, 5.74) is 2.07. The maximum atomic E-state index is 13.0. The molecule has 8 heteroatoms. The molecule has 1 aliphatic rings. The number of aryl methyl sites for hydroxylation is 2. The van der Waals surface area contributed by atoms with Crippen molar-refractivity contribution in [1.82, 2.24) is 4.90 Å². The molecular weight excluding hydrogens is 426 g/mol. The van der Waals surface area contributed by atoms with E-state index in [9.17, 15) is 14.7 Å². The molecule has 1 aliphatic heterocycles. The average molecular weight is 450 g/mol. The van der Waals surface area contributed by atoms with Crippen LogP contribution >= 0.6 is 22.9 Å². The molecular formula is C22H24ClNO5S. The van der Waals surface area contributed by atoms with E-state index < -0.39 is 17.7 Å². The molecule has 30 heavy (non-hydrogen) atoms. The number of methoxy groups -OCH3 is 2. The van der Waals surface area contributed by atoms with Crippen LogP contribution in [0.4, 0.5) is 0 Å². The number of aliphatic hydroxyl groups excluding tert-OH is 1. The van der Waals surface area contributed by atoms with E-state index in [1.807, 2.05) is 25.3 Å². The Bertz CT molecular complexity index is 1010. The zero-order chi connectivity index (χ0) is 22.0. The van der Waals surface area contributed by atoms with E-state index in [0.29, 0.717) is 24.6 Å². The number of amides is 1. The molecule has 0 spiro atoms. The van der Waals surface area contributed by atoms with E-state index in [1.54, 1.807) is 19.2 Å². The van der Waals surface area contributed by atoms with Crippen molar-refractivity contribution in [3.8, 4) is 5.75 Å². The summed E-state index contributed by atoms with van der Waals surface area (Å²) in [5.74, 6) is -1.39. The lowest BCUT2D eigenvalue weighted by Gasteiger charge is -2.25. The lowest BCUT2D eigenvalue weighted by atomic mass is 9.97. The Balaban J connectivity index is 2.21. The maximum Gasteiger partial charge on any atom is 0.295 e. The topological polar surface area (TPSA) is 76.1 Å². The highest BCUT2D eigenvalue weighted by Gasteiger charge is 2.47. The Morgan fingerprint density at radius 3 is 2.60 bits per heavy atom. The molecule has 1 atom stereocenters. The molecule has 6 nitrogen and oxygen atoms in total. The molecule has 1 aromatic heterocycles.